The molecule has 0 saturated heterocycles. The zero-order valence-electron chi connectivity index (χ0n) is 16.9. The van der Waals surface area contributed by atoms with E-state index in [1.165, 1.54) is 0 Å². The lowest BCUT2D eigenvalue weighted by molar-refractivity contribution is 0.267. The topological polar surface area (TPSA) is 55.7 Å². The largest absolute Gasteiger partial charge is 0.490 e. The van der Waals surface area contributed by atoms with Crippen molar-refractivity contribution < 1.29 is 9.47 Å². The Morgan fingerprint density at radius 1 is 1.12 bits per heavy atom. The summed E-state index contributed by atoms with van der Waals surface area (Å²) in [6.45, 7) is 2.75. The Morgan fingerprint density at radius 2 is 1.97 bits per heavy atom. The molecule has 1 aromatic heterocycles. The highest BCUT2D eigenvalue weighted by atomic mass is 127. The van der Waals surface area contributed by atoms with Crippen LogP contribution in [-0.4, -0.2) is 17.8 Å². The highest BCUT2D eigenvalue weighted by Crippen LogP contribution is 2.35. The molecule has 9 heteroatoms. The van der Waals surface area contributed by atoms with Gasteiger partial charge in [-0.15, -0.1) is 0 Å². The predicted molar refractivity (Wildman–Crippen MR) is 142 cm³/mol. The number of hydrazone groups is 1. The number of thiazole rings is 1. The molecular weight excluding hydrogens is 580 g/mol. The van der Waals surface area contributed by atoms with Gasteiger partial charge in [0.05, 0.1) is 26.6 Å². The fourth-order valence-corrected chi connectivity index (χ4v) is 5.00. The maximum absolute atomic E-state index is 6.27. The number of anilines is 1. The molecule has 0 aliphatic carbocycles. The fourth-order valence-electron chi connectivity index (χ4n) is 2.94. The third-order valence-electron chi connectivity index (χ3n) is 4.39. The van der Waals surface area contributed by atoms with Crippen LogP contribution in [0.4, 0.5) is 5.13 Å². The van der Waals surface area contributed by atoms with E-state index in [9.17, 15) is 0 Å². The van der Waals surface area contributed by atoms with Crippen molar-refractivity contribution in [3.8, 4) is 11.5 Å². The standard InChI is InChI=1S/C23H18Cl2IN3O2S/c1-2-30-20-10-14(12-27-29-23-28-19-5-3-4-6-21(19)32-23)9-18(26)22(20)31-13-15-7-8-16(24)11-17(15)25/h3-12H,2,13H2,1H3,(H,28,29)/b27-12+. The molecule has 0 saturated carbocycles. The zero-order chi connectivity index (χ0) is 22.5. The summed E-state index contributed by atoms with van der Waals surface area (Å²) in [5.41, 5.74) is 5.68. The monoisotopic (exact) mass is 597 g/mol. The van der Waals surface area contributed by atoms with Crippen LogP contribution in [0.5, 0.6) is 11.5 Å². The lowest BCUT2D eigenvalue weighted by Gasteiger charge is -2.15. The van der Waals surface area contributed by atoms with Gasteiger partial charge in [-0.05, 0) is 71.5 Å². The summed E-state index contributed by atoms with van der Waals surface area (Å²) in [5.74, 6) is 1.31. The van der Waals surface area contributed by atoms with Crippen molar-refractivity contribution in [3.05, 3.63) is 79.3 Å². The van der Waals surface area contributed by atoms with Crippen LogP contribution < -0.4 is 14.9 Å². The Hall–Kier alpha value is -2.07. The van der Waals surface area contributed by atoms with Gasteiger partial charge in [-0.3, -0.25) is 5.43 Å². The van der Waals surface area contributed by atoms with E-state index >= 15 is 0 Å². The van der Waals surface area contributed by atoms with Crippen LogP contribution >= 0.6 is 57.1 Å². The fraction of sp³-hybridized carbons (Fsp3) is 0.130. The molecule has 0 amide bonds. The van der Waals surface area contributed by atoms with E-state index in [1.54, 1.807) is 29.7 Å². The third-order valence-corrected chi connectivity index (χ3v) is 6.72. The van der Waals surface area contributed by atoms with Crippen molar-refractivity contribution in [2.24, 2.45) is 5.10 Å². The molecule has 0 atom stereocenters. The first-order valence-electron chi connectivity index (χ1n) is 9.71. The van der Waals surface area contributed by atoms with Crippen molar-refractivity contribution in [3.63, 3.8) is 0 Å². The Labute approximate surface area is 213 Å². The summed E-state index contributed by atoms with van der Waals surface area (Å²) in [5, 5.41) is 6.23. The van der Waals surface area contributed by atoms with Gasteiger partial charge in [0.25, 0.3) is 0 Å². The molecule has 0 aliphatic heterocycles. The highest BCUT2D eigenvalue weighted by molar-refractivity contribution is 14.1. The Bertz CT molecular complexity index is 1250. The van der Waals surface area contributed by atoms with Gasteiger partial charge in [0, 0.05) is 15.6 Å². The molecule has 0 spiro atoms. The lowest BCUT2D eigenvalue weighted by atomic mass is 10.2. The minimum absolute atomic E-state index is 0.304. The van der Waals surface area contributed by atoms with E-state index in [2.05, 4.69) is 38.1 Å². The summed E-state index contributed by atoms with van der Waals surface area (Å²) < 4.78 is 13.9. The molecule has 0 fully saturated rings. The summed E-state index contributed by atoms with van der Waals surface area (Å²) in [6, 6.07) is 17.2. The van der Waals surface area contributed by atoms with Gasteiger partial charge in [0.2, 0.25) is 5.13 Å². The molecule has 3 aromatic carbocycles. The van der Waals surface area contributed by atoms with Gasteiger partial charge in [-0.25, -0.2) is 4.98 Å². The first-order valence-corrected chi connectivity index (χ1v) is 12.4. The van der Waals surface area contributed by atoms with Crippen LogP contribution in [0.2, 0.25) is 10.0 Å². The average Bonchev–Trinajstić information content (AvgIpc) is 3.17. The number of ether oxygens (including phenoxy) is 2. The van der Waals surface area contributed by atoms with Gasteiger partial charge in [-0.2, -0.15) is 5.10 Å². The van der Waals surface area contributed by atoms with E-state index in [4.69, 9.17) is 32.7 Å². The van der Waals surface area contributed by atoms with E-state index in [1.807, 2.05) is 49.4 Å². The van der Waals surface area contributed by atoms with E-state index in [0.29, 0.717) is 34.8 Å². The van der Waals surface area contributed by atoms with Crippen LogP contribution in [0.3, 0.4) is 0 Å². The van der Waals surface area contributed by atoms with Crippen molar-refractivity contribution >= 4 is 78.7 Å². The SMILES string of the molecule is CCOc1cc(/C=N/Nc2nc3ccccc3s2)cc(I)c1OCc1ccc(Cl)cc1Cl. The number of nitrogens with one attached hydrogen (secondary N) is 1. The van der Waals surface area contributed by atoms with Gasteiger partial charge in [0.15, 0.2) is 11.5 Å². The number of hydrogen-bond acceptors (Lipinski definition) is 6. The van der Waals surface area contributed by atoms with E-state index in [-0.39, 0.29) is 0 Å². The molecule has 4 aromatic rings. The van der Waals surface area contributed by atoms with Crippen LogP contribution in [0.1, 0.15) is 18.1 Å². The zero-order valence-corrected chi connectivity index (χ0v) is 21.4. The lowest BCUT2D eigenvalue weighted by Crippen LogP contribution is -2.03. The molecule has 32 heavy (non-hydrogen) atoms. The second-order valence-corrected chi connectivity index (χ2v) is 9.68. The molecule has 164 valence electrons. The first kappa shape index (κ1) is 23.1. The molecule has 0 radical (unpaired) electrons. The molecule has 1 N–H and O–H groups in total. The van der Waals surface area contributed by atoms with Crippen molar-refractivity contribution in [1.29, 1.82) is 0 Å². The van der Waals surface area contributed by atoms with Gasteiger partial charge in [-0.1, -0.05) is 52.7 Å². The smallest absolute Gasteiger partial charge is 0.204 e. The maximum atomic E-state index is 6.27. The second kappa shape index (κ2) is 10.7. The van der Waals surface area contributed by atoms with Crippen LogP contribution in [0, 0.1) is 3.57 Å². The average molecular weight is 598 g/mol. The Morgan fingerprint density at radius 3 is 2.75 bits per heavy atom. The number of aromatic nitrogens is 1. The van der Waals surface area contributed by atoms with Crippen molar-refractivity contribution in [2.75, 3.05) is 12.0 Å². The van der Waals surface area contributed by atoms with Gasteiger partial charge >= 0.3 is 0 Å². The summed E-state index contributed by atoms with van der Waals surface area (Å²) >= 11 is 16.0. The molecule has 4 rings (SSSR count). The second-order valence-electron chi connectivity index (χ2n) is 6.64. The molecule has 0 bridgehead atoms. The molecule has 0 unspecified atom stereocenters. The van der Waals surface area contributed by atoms with Crippen LogP contribution in [-0.2, 0) is 6.61 Å². The Kier molecular flexibility index (Phi) is 7.72. The number of benzene rings is 3. The summed E-state index contributed by atoms with van der Waals surface area (Å²) in [6.07, 6.45) is 1.73. The molecule has 1 heterocycles. The van der Waals surface area contributed by atoms with Gasteiger partial charge < -0.3 is 9.47 Å². The highest BCUT2D eigenvalue weighted by Gasteiger charge is 2.13. The number of nitrogens with zero attached hydrogens (tertiary/aromatic N) is 2. The van der Waals surface area contributed by atoms with Crippen molar-refractivity contribution in [2.45, 2.75) is 13.5 Å². The number of rotatable bonds is 8. The van der Waals surface area contributed by atoms with Gasteiger partial charge in [0.1, 0.15) is 6.61 Å². The van der Waals surface area contributed by atoms with Crippen LogP contribution in [0.25, 0.3) is 10.2 Å². The quantitative estimate of drug-likeness (QED) is 0.129. The summed E-state index contributed by atoms with van der Waals surface area (Å²) in [4.78, 5) is 4.52. The molecule has 5 nitrogen and oxygen atoms in total. The van der Waals surface area contributed by atoms with Crippen LogP contribution in [0.15, 0.2) is 59.7 Å². The Balaban J connectivity index is 1.50. The predicted octanol–water partition coefficient (Wildman–Crippen LogP) is 7.63. The number of fused-ring (bicyclic) bond motifs is 1. The number of hydrogen-bond donors (Lipinski definition) is 1. The minimum atomic E-state index is 0.304. The molecule has 0 aliphatic rings. The normalized spacial score (nSPS) is 11.2. The first-order chi connectivity index (χ1) is 15.5. The maximum Gasteiger partial charge on any atom is 0.204 e. The minimum Gasteiger partial charge on any atom is -0.490 e. The van der Waals surface area contributed by atoms with E-state index in [0.717, 1.165) is 30.0 Å². The third kappa shape index (κ3) is 5.64. The van der Waals surface area contributed by atoms with E-state index < -0.39 is 0 Å². The number of halogens is 3. The molecular formula is C23H18Cl2IN3O2S. The summed E-state index contributed by atoms with van der Waals surface area (Å²) in [7, 11) is 0. The van der Waals surface area contributed by atoms with Crippen molar-refractivity contribution in [1.82, 2.24) is 4.98 Å². The number of para-hydroxylation sites is 1.